The number of anilines is 6. The molecule has 2 heterocycles. The van der Waals surface area contributed by atoms with E-state index in [1.807, 2.05) is 49.4 Å². The Kier molecular flexibility index (Phi) is 11.0. The van der Waals surface area contributed by atoms with Gasteiger partial charge in [-0.15, -0.1) is 0 Å². The Morgan fingerprint density at radius 3 is 1.38 bits per heavy atom. The second-order valence-electron chi connectivity index (χ2n) is 18.0. The Morgan fingerprint density at radius 2 is 0.833 bits per heavy atom. The minimum atomic E-state index is -3.88. The smallest absolute Gasteiger partial charge is 0.208 e. The number of sulfone groups is 1. The van der Waals surface area contributed by atoms with E-state index in [0.717, 1.165) is 89.4 Å². The highest BCUT2D eigenvalue weighted by Crippen LogP contribution is 2.44. The molecule has 344 valence electrons. The highest BCUT2D eigenvalue weighted by Gasteiger charge is 2.35. The van der Waals surface area contributed by atoms with Crippen LogP contribution >= 0.6 is 0 Å². The molecule has 7 heteroatoms. The van der Waals surface area contributed by atoms with Crippen molar-refractivity contribution in [2.24, 2.45) is 0 Å². The van der Waals surface area contributed by atoms with Gasteiger partial charge in [-0.1, -0.05) is 133 Å². The van der Waals surface area contributed by atoms with Crippen molar-refractivity contribution in [2.45, 2.75) is 23.6 Å². The molecule has 0 spiro atoms. The van der Waals surface area contributed by atoms with Gasteiger partial charge in [0, 0.05) is 61.6 Å². The summed E-state index contributed by atoms with van der Waals surface area (Å²) >= 11 is 0. The number of carbonyl (C=O) groups is 1. The van der Waals surface area contributed by atoms with Gasteiger partial charge in [0.15, 0.2) is 5.78 Å². The monoisotopic (exact) mass is 947 g/mol. The molecule has 0 aliphatic carbocycles. The average molecular weight is 948 g/mol. The molecule has 10 aromatic carbocycles. The summed E-state index contributed by atoms with van der Waals surface area (Å²) in [6, 6.07) is 79.1. The quantitative estimate of drug-likeness (QED) is 0.142. The van der Waals surface area contributed by atoms with Crippen molar-refractivity contribution >= 4 is 71.6 Å². The zero-order valence-corrected chi connectivity index (χ0v) is 40.3. The maximum absolute atomic E-state index is 13.9. The normalized spacial score (nSPS) is 12.4. The van der Waals surface area contributed by atoms with Crippen molar-refractivity contribution in [2.75, 3.05) is 9.80 Å². The number of benzene rings is 10. The maximum atomic E-state index is 13.9. The van der Waals surface area contributed by atoms with Crippen LogP contribution in [0.15, 0.2) is 246 Å². The fraction of sp³-hybridized carbons (Fsp3) is 0.0308. The van der Waals surface area contributed by atoms with E-state index in [9.17, 15) is 13.2 Å². The molecule has 0 radical (unpaired) electrons. The van der Waals surface area contributed by atoms with E-state index in [0.29, 0.717) is 5.56 Å². The highest BCUT2D eigenvalue weighted by molar-refractivity contribution is 7.91. The number of carbonyl (C=O) groups excluding carboxylic acids is 1. The van der Waals surface area contributed by atoms with Crippen molar-refractivity contribution < 1.29 is 13.2 Å². The Bertz CT molecular complexity index is 3880. The molecule has 0 N–H and O–H groups in total. The third-order valence-corrected chi connectivity index (χ3v) is 15.5. The Balaban J connectivity index is 1.05. The number of para-hydroxylation sites is 4. The lowest BCUT2D eigenvalue weighted by molar-refractivity contribution is 0.103. The molecule has 72 heavy (non-hydrogen) atoms. The summed E-state index contributed by atoms with van der Waals surface area (Å²) in [7, 11) is -3.88. The topological polar surface area (TPSA) is 62.6 Å². The lowest BCUT2D eigenvalue weighted by atomic mass is 9.93. The van der Waals surface area contributed by atoms with Crippen LogP contribution in [0.1, 0.15) is 38.2 Å². The number of aryl methyl sites for hydroxylation is 2. The number of nitrogens with zero attached hydrogens (tertiary/aromatic N) is 3. The van der Waals surface area contributed by atoms with Crippen LogP contribution in [0.2, 0.25) is 0 Å². The minimum Gasteiger partial charge on any atom is -0.310 e. The molecule has 0 atom stereocenters. The molecule has 0 saturated carbocycles. The van der Waals surface area contributed by atoms with Crippen LogP contribution in [-0.4, -0.2) is 18.8 Å². The third-order valence-electron chi connectivity index (χ3n) is 13.6. The van der Waals surface area contributed by atoms with E-state index >= 15 is 0 Å². The second-order valence-corrected chi connectivity index (χ2v) is 19.9. The second kappa shape index (κ2) is 17.9. The van der Waals surface area contributed by atoms with Crippen LogP contribution in [0, 0.1) is 25.7 Å². The molecular weight excluding hydrogens is 903 g/mol. The molecule has 0 saturated heterocycles. The summed E-state index contributed by atoms with van der Waals surface area (Å²) in [6.45, 7) is 4.12. The SMILES string of the molecule is Cc1cccc(-c2ccc3c(c2)C(=O)c2ccccc2S3(=O)=O)c1C#Cc1c(C)cccc1-n1c2ccc(N(c3ccccc3)c3ccccc3)cc2c2cc(N(c3ccccc3)c3ccccc3)ccc21. The number of hydrogen-bond donors (Lipinski definition) is 0. The van der Waals surface area contributed by atoms with Crippen LogP contribution in [0.4, 0.5) is 34.1 Å². The molecule has 1 aromatic heterocycles. The molecule has 0 fully saturated rings. The maximum Gasteiger partial charge on any atom is 0.208 e. The Hall–Kier alpha value is -9.22. The molecule has 12 rings (SSSR count). The Morgan fingerprint density at radius 1 is 0.389 bits per heavy atom. The van der Waals surface area contributed by atoms with Gasteiger partial charge in [-0.25, -0.2) is 8.42 Å². The fourth-order valence-corrected chi connectivity index (χ4v) is 11.8. The predicted molar refractivity (Wildman–Crippen MR) is 293 cm³/mol. The summed E-state index contributed by atoms with van der Waals surface area (Å²) in [5.41, 5.74) is 14.7. The van der Waals surface area contributed by atoms with Gasteiger partial charge < -0.3 is 14.4 Å². The average Bonchev–Trinajstić information content (AvgIpc) is 3.74. The number of ketones is 1. The van der Waals surface area contributed by atoms with Gasteiger partial charge in [0.1, 0.15) is 0 Å². The molecule has 0 bridgehead atoms. The van der Waals surface area contributed by atoms with Crippen molar-refractivity contribution in [3.63, 3.8) is 0 Å². The van der Waals surface area contributed by atoms with Gasteiger partial charge in [0.05, 0.1) is 32.1 Å². The summed E-state index contributed by atoms with van der Waals surface area (Å²) in [5, 5.41) is 2.16. The molecular formula is C65H45N3O3S. The lowest BCUT2D eigenvalue weighted by Gasteiger charge is -2.26. The molecule has 6 nitrogen and oxygen atoms in total. The summed E-state index contributed by atoms with van der Waals surface area (Å²) < 4.78 is 29.8. The number of aromatic nitrogens is 1. The zero-order chi connectivity index (χ0) is 48.9. The molecule has 1 aliphatic heterocycles. The standard InChI is InChI=1S/C65H45N3O3S/c1-44-19-17-30-55(46-33-40-64-59(41-46)65(69)56-29-15-16-32-63(56)72(64,70)71)53(44)36-37-54-45(2)20-18-31-60(54)68-61-38-34-51(66(47-21-7-3-8-22-47)48-23-9-4-10-24-48)42-57(61)58-43-52(35-39-62(58)68)67(49-25-11-5-12-26-49)50-27-13-6-14-28-50/h3-35,38-43H,1-2H3. The van der Waals surface area contributed by atoms with Gasteiger partial charge >= 0.3 is 0 Å². The molecule has 0 unspecified atom stereocenters. The van der Waals surface area contributed by atoms with Crippen LogP contribution in [0.3, 0.4) is 0 Å². The zero-order valence-electron chi connectivity index (χ0n) is 39.5. The number of fused-ring (bicyclic) bond motifs is 5. The van der Waals surface area contributed by atoms with Gasteiger partial charge in [-0.2, -0.15) is 0 Å². The summed E-state index contributed by atoms with van der Waals surface area (Å²) in [6.07, 6.45) is 0. The van der Waals surface area contributed by atoms with E-state index in [2.05, 4.69) is 185 Å². The molecule has 1 aliphatic rings. The van der Waals surface area contributed by atoms with E-state index in [1.54, 1.807) is 36.4 Å². The number of hydrogen-bond acceptors (Lipinski definition) is 5. The van der Waals surface area contributed by atoms with Crippen molar-refractivity contribution in [3.05, 3.63) is 270 Å². The van der Waals surface area contributed by atoms with Crippen molar-refractivity contribution in [1.29, 1.82) is 0 Å². The summed E-state index contributed by atoms with van der Waals surface area (Å²) in [4.78, 5) is 18.5. The Labute approximate surface area is 419 Å². The highest BCUT2D eigenvalue weighted by atomic mass is 32.2. The van der Waals surface area contributed by atoms with Gasteiger partial charge in [0.25, 0.3) is 0 Å². The molecule has 0 amide bonds. The van der Waals surface area contributed by atoms with E-state index in [1.165, 1.54) is 6.07 Å². The van der Waals surface area contributed by atoms with Crippen molar-refractivity contribution in [3.8, 4) is 28.7 Å². The summed E-state index contributed by atoms with van der Waals surface area (Å²) in [5.74, 6) is 6.95. The first-order chi connectivity index (χ1) is 35.2. The first kappa shape index (κ1) is 44.0. The van der Waals surface area contributed by atoms with Crippen LogP contribution in [0.5, 0.6) is 0 Å². The predicted octanol–water partition coefficient (Wildman–Crippen LogP) is 15.8. The van der Waals surface area contributed by atoms with Crippen LogP contribution in [-0.2, 0) is 9.84 Å². The first-order valence-corrected chi connectivity index (χ1v) is 25.4. The van der Waals surface area contributed by atoms with E-state index in [-0.39, 0.29) is 26.7 Å². The van der Waals surface area contributed by atoms with Crippen LogP contribution in [0.25, 0.3) is 38.6 Å². The van der Waals surface area contributed by atoms with Gasteiger partial charge in [-0.05, 0) is 151 Å². The fourth-order valence-electron chi connectivity index (χ4n) is 10.2. The lowest BCUT2D eigenvalue weighted by Crippen LogP contribution is -2.20. The van der Waals surface area contributed by atoms with E-state index < -0.39 is 9.84 Å². The van der Waals surface area contributed by atoms with E-state index in [4.69, 9.17) is 0 Å². The number of rotatable bonds is 8. The molecule has 11 aromatic rings. The van der Waals surface area contributed by atoms with Crippen molar-refractivity contribution in [1.82, 2.24) is 4.57 Å². The largest absolute Gasteiger partial charge is 0.310 e. The third kappa shape index (κ3) is 7.54. The van der Waals surface area contributed by atoms with Gasteiger partial charge in [-0.3, -0.25) is 4.79 Å². The first-order valence-electron chi connectivity index (χ1n) is 23.9. The minimum absolute atomic E-state index is 0.0193. The van der Waals surface area contributed by atoms with Crippen LogP contribution < -0.4 is 9.80 Å². The van der Waals surface area contributed by atoms with Gasteiger partial charge in [0.2, 0.25) is 9.84 Å².